The number of H-pyrrole nitrogens is 1. The lowest BCUT2D eigenvalue weighted by molar-refractivity contribution is -0.112. The third-order valence-electron chi connectivity index (χ3n) is 4.77. The van der Waals surface area contributed by atoms with Crippen LogP contribution in [0.5, 0.6) is 0 Å². The van der Waals surface area contributed by atoms with E-state index >= 15 is 0 Å². The van der Waals surface area contributed by atoms with Crippen LogP contribution in [0.3, 0.4) is 0 Å². The smallest absolute Gasteiger partial charge is 0.319 e. The van der Waals surface area contributed by atoms with Gasteiger partial charge in [0.1, 0.15) is 5.65 Å². The SMILES string of the molecule is NC(=O)C(=Cc1c[nH]c2ncc(NC(=O)NCc3ccccc3)cc12)c1ccccc1. The van der Waals surface area contributed by atoms with Gasteiger partial charge in [0.05, 0.1) is 11.9 Å². The molecule has 5 N–H and O–H groups in total. The summed E-state index contributed by atoms with van der Waals surface area (Å²) in [6, 6.07) is 20.3. The van der Waals surface area contributed by atoms with Gasteiger partial charge in [-0.05, 0) is 23.3 Å². The summed E-state index contributed by atoms with van der Waals surface area (Å²) in [6.07, 6.45) is 5.04. The first-order valence-electron chi connectivity index (χ1n) is 9.73. The molecule has 4 aromatic rings. The van der Waals surface area contributed by atoms with E-state index in [1.165, 1.54) is 0 Å². The lowest BCUT2D eigenvalue weighted by atomic mass is 10.0. The molecule has 2 aromatic heterocycles. The molecule has 2 aromatic carbocycles. The first-order valence-corrected chi connectivity index (χ1v) is 9.73. The van der Waals surface area contributed by atoms with Crippen molar-refractivity contribution < 1.29 is 9.59 Å². The molecule has 2 heterocycles. The summed E-state index contributed by atoms with van der Waals surface area (Å²) in [4.78, 5) is 31.7. The fourth-order valence-electron chi connectivity index (χ4n) is 3.23. The van der Waals surface area contributed by atoms with Crippen LogP contribution < -0.4 is 16.4 Å². The Hall–Kier alpha value is -4.39. The Kier molecular flexibility index (Phi) is 5.75. The number of pyridine rings is 1. The van der Waals surface area contributed by atoms with Crippen LogP contribution in [0.15, 0.2) is 79.1 Å². The predicted molar refractivity (Wildman–Crippen MR) is 122 cm³/mol. The molecule has 0 fully saturated rings. The number of primary amides is 1. The summed E-state index contributed by atoms with van der Waals surface area (Å²) in [7, 11) is 0. The molecule has 4 rings (SSSR count). The second-order valence-electron chi connectivity index (χ2n) is 6.95. The van der Waals surface area contributed by atoms with E-state index in [-0.39, 0.29) is 6.03 Å². The molecule has 0 aliphatic carbocycles. The molecule has 31 heavy (non-hydrogen) atoms. The van der Waals surface area contributed by atoms with Gasteiger partial charge in [-0.25, -0.2) is 9.78 Å². The maximum atomic E-state index is 12.3. The highest BCUT2D eigenvalue weighted by atomic mass is 16.2. The van der Waals surface area contributed by atoms with Crippen molar-refractivity contribution in [3.8, 4) is 0 Å². The zero-order valence-corrected chi connectivity index (χ0v) is 16.6. The highest BCUT2D eigenvalue weighted by molar-refractivity contribution is 6.24. The van der Waals surface area contributed by atoms with Crippen molar-refractivity contribution in [3.05, 3.63) is 95.8 Å². The van der Waals surface area contributed by atoms with E-state index in [2.05, 4.69) is 20.6 Å². The number of nitrogens with zero attached hydrogens (tertiary/aromatic N) is 1. The van der Waals surface area contributed by atoms with Gasteiger partial charge >= 0.3 is 6.03 Å². The van der Waals surface area contributed by atoms with Crippen molar-refractivity contribution in [1.82, 2.24) is 15.3 Å². The quantitative estimate of drug-likeness (QED) is 0.361. The van der Waals surface area contributed by atoms with Gasteiger partial charge in [-0.2, -0.15) is 0 Å². The normalized spacial score (nSPS) is 11.3. The van der Waals surface area contributed by atoms with Gasteiger partial charge in [-0.3, -0.25) is 4.79 Å². The number of carbonyl (C=O) groups is 2. The minimum atomic E-state index is -0.525. The van der Waals surface area contributed by atoms with Crippen LogP contribution >= 0.6 is 0 Å². The van der Waals surface area contributed by atoms with Crippen LogP contribution in [0, 0.1) is 0 Å². The summed E-state index contributed by atoms with van der Waals surface area (Å²) in [5.74, 6) is -0.525. The molecule has 7 heteroatoms. The van der Waals surface area contributed by atoms with E-state index in [0.717, 1.165) is 22.1 Å². The Bertz CT molecular complexity index is 1250. The van der Waals surface area contributed by atoms with Crippen molar-refractivity contribution in [2.24, 2.45) is 5.73 Å². The fraction of sp³-hybridized carbons (Fsp3) is 0.0417. The van der Waals surface area contributed by atoms with E-state index in [9.17, 15) is 9.59 Å². The number of carbonyl (C=O) groups excluding carboxylic acids is 2. The third kappa shape index (κ3) is 4.79. The lowest BCUT2D eigenvalue weighted by Gasteiger charge is -2.08. The molecular weight excluding hydrogens is 390 g/mol. The van der Waals surface area contributed by atoms with Crippen LogP contribution in [0.2, 0.25) is 0 Å². The number of nitrogens with two attached hydrogens (primary N) is 1. The second-order valence-corrected chi connectivity index (χ2v) is 6.95. The molecule has 0 saturated heterocycles. The Morgan fingerprint density at radius 2 is 1.74 bits per heavy atom. The molecule has 154 valence electrons. The standard InChI is InChI=1S/C24H21N5O2/c25-22(30)20(17-9-5-2-6-10-17)11-18-14-26-23-21(18)12-19(15-27-23)29-24(31)28-13-16-7-3-1-4-8-16/h1-12,14-15H,13H2,(H2,25,30)(H,26,27)(H2,28,29,31). The van der Waals surface area contributed by atoms with Crippen LogP contribution in [-0.4, -0.2) is 21.9 Å². The molecule has 0 bridgehead atoms. The Morgan fingerprint density at radius 1 is 1.03 bits per heavy atom. The summed E-state index contributed by atoms with van der Waals surface area (Å²) in [5, 5.41) is 6.36. The zero-order valence-electron chi connectivity index (χ0n) is 16.6. The zero-order chi connectivity index (χ0) is 21.6. The Balaban J connectivity index is 1.56. The van der Waals surface area contributed by atoms with Gasteiger partial charge in [0.25, 0.3) is 0 Å². The van der Waals surface area contributed by atoms with E-state index < -0.39 is 5.91 Å². The predicted octanol–water partition coefficient (Wildman–Crippen LogP) is 3.91. The fourth-order valence-corrected chi connectivity index (χ4v) is 3.23. The Morgan fingerprint density at radius 3 is 2.45 bits per heavy atom. The number of aromatic nitrogens is 2. The van der Waals surface area contributed by atoms with Gasteiger partial charge < -0.3 is 21.4 Å². The number of rotatable bonds is 6. The van der Waals surface area contributed by atoms with Crippen LogP contribution in [-0.2, 0) is 11.3 Å². The number of urea groups is 1. The van der Waals surface area contributed by atoms with Crippen molar-refractivity contribution in [2.75, 3.05) is 5.32 Å². The maximum Gasteiger partial charge on any atom is 0.319 e. The number of hydrogen-bond acceptors (Lipinski definition) is 3. The largest absolute Gasteiger partial charge is 0.366 e. The highest BCUT2D eigenvalue weighted by Crippen LogP contribution is 2.25. The highest BCUT2D eigenvalue weighted by Gasteiger charge is 2.12. The van der Waals surface area contributed by atoms with Gasteiger partial charge in [0.15, 0.2) is 0 Å². The molecule has 0 radical (unpaired) electrons. The van der Waals surface area contributed by atoms with Crippen molar-refractivity contribution in [3.63, 3.8) is 0 Å². The number of anilines is 1. The lowest BCUT2D eigenvalue weighted by Crippen LogP contribution is -2.28. The van der Waals surface area contributed by atoms with Crippen molar-refractivity contribution in [1.29, 1.82) is 0 Å². The molecule has 0 saturated carbocycles. The number of aromatic amines is 1. The van der Waals surface area contributed by atoms with Crippen LogP contribution in [0.4, 0.5) is 10.5 Å². The molecule has 3 amide bonds. The van der Waals surface area contributed by atoms with Gasteiger partial charge in [0, 0.05) is 29.3 Å². The summed E-state index contributed by atoms with van der Waals surface area (Å²) < 4.78 is 0. The monoisotopic (exact) mass is 411 g/mol. The molecular formula is C24H21N5O2. The number of amides is 3. The first kappa shape index (κ1) is 19.9. The first-order chi connectivity index (χ1) is 15.1. The van der Waals surface area contributed by atoms with Crippen molar-refractivity contribution >= 4 is 40.3 Å². The van der Waals surface area contributed by atoms with E-state index in [1.54, 1.807) is 24.5 Å². The van der Waals surface area contributed by atoms with Crippen molar-refractivity contribution in [2.45, 2.75) is 6.54 Å². The van der Waals surface area contributed by atoms with Gasteiger partial charge in [0.2, 0.25) is 5.91 Å². The molecule has 0 aliphatic rings. The topological polar surface area (TPSA) is 113 Å². The van der Waals surface area contributed by atoms with Crippen LogP contribution in [0.25, 0.3) is 22.7 Å². The summed E-state index contributed by atoms with van der Waals surface area (Å²) in [5.41, 5.74) is 9.65. The van der Waals surface area contributed by atoms with Gasteiger partial charge in [-0.1, -0.05) is 60.7 Å². The van der Waals surface area contributed by atoms with E-state index in [0.29, 0.717) is 23.5 Å². The molecule has 0 spiro atoms. The minimum Gasteiger partial charge on any atom is -0.366 e. The molecule has 0 atom stereocenters. The van der Waals surface area contributed by atoms with E-state index in [1.807, 2.05) is 60.7 Å². The average molecular weight is 411 g/mol. The summed E-state index contributed by atoms with van der Waals surface area (Å²) in [6.45, 7) is 0.416. The molecule has 0 aliphatic heterocycles. The molecule has 0 unspecified atom stereocenters. The summed E-state index contributed by atoms with van der Waals surface area (Å²) >= 11 is 0. The van der Waals surface area contributed by atoms with E-state index in [4.69, 9.17) is 5.73 Å². The number of benzene rings is 2. The average Bonchev–Trinajstić information content (AvgIpc) is 3.19. The molecule has 7 nitrogen and oxygen atoms in total. The third-order valence-corrected chi connectivity index (χ3v) is 4.77. The van der Waals surface area contributed by atoms with Crippen LogP contribution in [0.1, 0.15) is 16.7 Å². The Labute approximate surface area is 179 Å². The second kappa shape index (κ2) is 8.96. The number of hydrogen-bond donors (Lipinski definition) is 4. The number of nitrogens with one attached hydrogen (secondary N) is 3. The maximum absolute atomic E-state index is 12.3. The minimum absolute atomic E-state index is 0.334. The van der Waals surface area contributed by atoms with Gasteiger partial charge in [-0.15, -0.1) is 0 Å². The number of fused-ring (bicyclic) bond motifs is 1.